The van der Waals surface area contributed by atoms with Crippen LogP contribution in [0.5, 0.6) is 0 Å². The van der Waals surface area contributed by atoms with E-state index in [0.717, 1.165) is 12.0 Å². The fourth-order valence-electron chi connectivity index (χ4n) is 2.22. The number of nitrogens with zero attached hydrogens (tertiary/aromatic N) is 1. The van der Waals surface area contributed by atoms with Crippen molar-refractivity contribution in [2.75, 3.05) is 24.6 Å². The third-order valence-electron chi connectivity index (χ3n) is 3.27. The highest BCUT2D eigenvalue weighted by atomic mass is 32.2. The Morgan fingerprint density at radius 1 is 1.45 bits per heavy atom. The Bertz CT molecular complexity index is 613. The summed E-state index contributed by atoms with van der Waals surface area (Å²) in [4.78, 5) is 13.2. The minimum Gasteiger partial charge on any atom is -0.396 e. The molecule has 0 aliphatic carbocycles. The predicted octanol–water partition coefficient (Wildman–Crippen LogP) is 0.256. The number of benzene rings is 1. The Kier molecular flexibility index (Phi) is 4.42. The minimum atomic E-state index is -3.60. The number of rotatable bonds is 5. The second-order valence-corrected chi connectivity index (χ2v) is 6.45. The van der Waals surface area contributed by atoms with E-state index in [2.05, 4.69) is 4.72 Å². The van der Waals surface area contributed by atoms with Gasteiger partial charge < -0.3 is 10.0 Å². The van der Waals surface area contributed by atoms with Crippen molar-refractivity contribution < 1.29 is 18.3 Å². The highest BCUT2D eigenvalue weighted by Crippen LogP contribution is 2.30. The van der Waals surface area contributed by atoms with Crippen LogP contribution in [0.25, 0.3) is 0 Å². The van der Waals surface area contributed by atoms with Gasteiger partial charge in [-0.1, -0.05) is 6.07 Å². The minimum absolute atomic E-state index is 0.0647. The van der Waals surface area contributed by atoms with Crippen LogP contribution in [0.4, 0.5) is 5.69 Å². The van der Waals surface area contributed by atoms with Gasteiger partial charge in [0.2, 0.25) is 15.9 Å². The lowest BCUT2D eigenvalue weighted by Gasteiger charge is -2.15. The Hall–Kier alpha value is -1.44. The number of aliphatic hydroxyl groups excluding tert-OH is 1. The van der Waals surface area contributed by atoms with Gasteiger partial charge >= 0.3 is 0 Å². The second kappa shape index (κ2) is 5.90. The number of amides is 1. The van der Waals surface area contributed by atoms with Crippen molar-refractivity contribution >= 4 is 21.6 Å². The van der Waals surface area contributed by atoms with Gasteiger partial charge in [-0.25, -0.2) is 13.1 Å². The zero-order valence-electron chi connectivity index (χ0n) is 11.3. The fraction of sp³-hybridized carbons (Fsp3) is 0.462. The van der Waals surface area contributed by atoms with Crippen LogP contribution in [-0.4, -0.2) is 39.1 Å². The number of carbonyl (C=O) groups is 1. The monoisotopic (exact) mass is 298 g/mol. The molecule has 0 saturated heterocycles. The van der Waals surface area contributed by atoms with E-state index < -0.39 is 10.0 Å². The molecule has 1 amide bonds. The van der Waals surface area contributed by atoms with Crippen LogP contribution < -0.4 is 9.62 Å². The molecular weight excluding hydrogens is 280 g/mol. The van der Waals surface area contributed by atoms with Gasteiger partial charge in [0.15, 0.2) is 0 Å². The van der Waals surface area contributed by atoms with Crippen LogP contribution in [0.3, 0.4) is 0 Å². The van der Waals surface area contributed by atoms with Crippen LogP contribution in [0.2, 0.25) is 0 Å². The van der Waals surface area contributed by atoms with Crippen molar-refractivity contribution in [1.82, 2.24) is 4.72 Å². The van der Waals surface area contributed by atoms with Gasteiger partial charge in [0.25, 0.3) is 0 Å². The van der Waals surface area contributed by atoms with E-state index in [-0.39, 0.29) is 24.0 Å². The quantitative estimate of drug-likeness (QED) is 0.763. The molecule has 0 bridgehead atoms. The average Bonchev–Trinajstić information content (AvgIpc) is 2.81. The van der Waals surface area contributed by atoms with Crippen LogP contribution in [0, 0.1) is 0 Å². The molecule has 2 N–H and O–H groups in total. The highest BCUT2D eigenvalue weighted by molar-refractivity contribution is 7.89. The molecule has 0 unspecified atom stereocenters. The van der Waals surface area contributed by atoms with Crippen molar-refractivity contribution in [3.05, 3.63) is 23.8 Å². The van der Waals surface area contributed by atoms with Gasteiger partial charge in [0.05, 0.1) is 4.90 Å². The van der Waals surface area contributed by atoms with Gasteiger partial charge in [-0.15, -0.1) is 0 Å². The van der Waals surface area contributed by atoms with E-state index in [4.69, 9.17) is 5.11 Å². The third-order valence-corrected chi connectivity index (χ3v) is 4.73. The molecule has 2 rings (SSSR count). The lowest BCUT2D eigenvalue weighted by molar-refractivity contribution is -0.116. The van der Waals surface area contributed by atoms with Gasteiger partial charge in [-0.2, -0.15) is 0 Å². The summed E-state index contributed by atoms with van der Waals surface area (Å²) in [6, 6.07) is 4.83. The molecule has 6 nitrogen and oxygen atoms in total. The molecule has 1 aromatic rings. The SMILES string of the molecule is CC(=O)N1CCc2ccc(S(=O)(=O)NCCCO)cc21. The van der Waals surface area contributed by atoms with E-state index in [1.807, 2.05) is 0 Å². The second-order valence-electron chi connectivity index (χ2n) is 4.69. The summed E-state index contributed by atoms with van der Waals surface area (Å²) in [5.41, 5.74) is 1.65. The first-order chi connectivity index (χ1) is 9.45. The maximum absolute atomic E-state index is 12.1. The fourth-order valence-corrected chi connectivity index (χ4v) is 3.32. The van der Waals surface area contributed by atoms with Crippen molar-refractivity contribution in [3.63, 3.8) is 0 Å². The number of nitrogens with one attached hydrogen (secondary N) is 1. The molecule has 20 heavy (non-hydrogen) atoms. The Balaban J connectivity index is 2.27. The molecule has 0 saturated carbocycles. The smallest absolute Gasteiger partial charge is 0.240 e. The first-order valence-electron chi connectivity index (χ1n) is 6.47. The zero-order valence-corrected chi connectivity index (χ0v) is 12.1. The molecule has 7 heteroatoms. The number of fused-ring (bicyclic) bond motifs is 1. The van der Waals surface area contributed by atoms with Crippen LogP contribution in [0.15, 0.2) is 23.1 Å². The van der Waals surface area contributed by atoms with Crippen LogP contribution in [-0.2, 0) is 21.2 Å². The first kappa shape index (κ1) is 15.0. The van der Waals surface area contributed by atoms with Crippen molar-refractivity contribution in [3.8, 4) is 0 Å². The number of carbonyl (C=O) groups excluding carboxylic acids is 1. The third kappa shape index (κ3) is 3.00. The first-order valence-corrected chi connectivity index (χ1v) is 7.95. The number of sulfonamides is 1. The van der Waals surface area contributed by atoms with E-state index in [1.54, 1.807) is 17.0 Å². The van der Waals surface area contributed by atoms with Crippen molar-refractivity contribution in [2.24, 2.45) is 0 Å². The molecule has 1 heterocycles. The van der Waals surface area contributed by atoms with E-state index in [1.165, 1.54) is 13.0 Å². The molecule has 0 aromatic heterocycles. The number of hydrogen-bond acceptors (Lipinski definition) is 4. The van der Waals surface area contributed by atoms with Crippen molar-refractivity contribution in [2.45, 2.75) is 24.7 Å². The molecule has 0 spiro atoms. The summed E-state index contributed by atoms with van der Waals surface area (Å²) in [5.74, 6) is -0.0912. The summed E-state index contributed by atoms with van der Waals surface area (Å²) in [5, 5.41) is 8.68. The largest absolute Gasteiger partial charge is 0.396 e. The topological polar surface area (TPSA) is 86.7 Å². The lowest BCUT2D eigenvalue weighted by Crippen LogP contribution is -2.27. The predicted molar refractivity (Wildman–Crippen MR) is 75.1 cm³/mol. The molecule has 0 atom stereocenters. The number of aliphatic hydroxyl groups is 1. The zero-order chi connectivity index (χ0) is 14.8. The normalized spacial score (nSPS) is 14.4. The molecule has 0 radical (unpaired) electrons. The summed E-state index contributed by atoms with van der Waals surface area (Å²) < 4.78 is 26.6. The van der Waals surface area contributed by atoms with Crippen LogP contribution >= 0.6 is 0 Å². The molecule has 1 aromatic carbocycles. The van der Waals surface area contributed by atoms with Crippen LogP contribution in [0.1, 0.15) is 18.9 Å². The Morgan fingerprint density at radius 2 is 2.20 bits per heavy atom. The molecule has 0 fully saturated rings. The summed E-state index contributed by atoms with van der Waals surface area (Å²) in [6.45, 7) is 2.18. The van der Waals surface area contributed by atoms with Crippen molar-refractivity contribution in [1.29, 1.82) is 0 Å². The van der Waals surface area contributed by atoms with E-state index in [0.29, 0.717) is 18.7 Å². The van der Waals surface area contributed by atoms with Gasteiger partial charge in [0, 0.05) is 32.3 Å². The van der Waals surface area contributed by atoms with E-state index in [9.17, 15) is 13.2 Å². The Morgan fingerprint density at radius 3 is 2.85 bits per heavy atom. The summed E-state index contributed by atoms with van der Waals surface area (Å²) >= 11 is 0. The number of hydrogen-bond donors (Lipinski definition) is 2. The van der Waals surface area contributed by atoms with Gasteiger partial charge in [0.1, 0.15) is 0 Å². The standard InChI is InChI=1S/C13H18N2O4S/c1-10(17)15-7-5-11-3-4-12(9-13(11)15)20(18,19)14-6-2-8-16/h3-4,9,14,16H,2,5-8H2,1H3. The van der Waals surface area contributed by atoms with E-state index >= 15 is 0 Å². The molecule has 1 aliphatic rings. The summed E-state index contributed by atoms with van der Waals surface area (Å²) in [7, 11) is -3.60. The lowest BCUT2D eigenvalue weighted by atomic mass is 10.2. The maximum Gasteiger partial charge on any atom is 0.240 e. The average molecular weight is 298 g/mol. The highest BCUT2D eigenvalue weighted by Gasteiger charge is 2.24. The maximum atomic E-state index is 12.1. The number of anilines is 1. The molecule has 110 valence electrons. The van der Waals surface area contributed by atoms with Gasteiger partial charge in [-0.05, 0) is 30.5 Å². The molecule has 1 aliphatic heterocycles. The molecular formula is C13H18N2O4S. The summed E-state index contributed by atoms with van der Waals surface area (Å²) in [6.07, 6.45) is 1.11. The van der Waals surface area contributed by atoms with Gasteiger partial charge in [-0.3, -0.25) is 4.79 Å². The Labute approximate surface area is 118 Å².